The Kier molecular flexibility index (Phi) is 4.89. The van der Waals surface area contributed by atoms with E-state index in [-0.39, 0.29) is 15.6 Å². The van der Waals surface area contributed by atoms with Crippen molar-refractivity contribution < 1.29 is 13.9 Å². The fourth-order valence-electron chi connectivity index (χ4n) is 1.15. The molecule has 0 aliphatic heterocycles. The van der Waals surface area contributed by atoms with Crippen molar-refractivity contribution in [2.75, 3.05) is 14.2 Å². The van der Waals surface area contributed by atoms with Crippen molar-refractivity contribution in [1.29, 1.82) is 0 Å². The topological polar surface area (TPSA) is 18.5 Å². The van der Waals surface area contributed by atoms with Crippen LogP contribution in [0.25, 0.3) is 5.83 Å². The van der Waals surface area contributed by atoms with Crippen molar-refractivity contribution in [3.05, 3.63) is 26.7 Å². The van der Waals surface area contributed by atoms with Crippen LogP contribution < -0.4 is 9.47 Å². The highest BCUT2D eigenvalue weighted by atomic mass is 79.9. The van der Waals surface area contributed by atoms with E-state index < -0.39 is 5.83 Å². The third-order valence-electron chi connectivity index (χ3n) is 1.91. The van der Waals surface area contributed by atoms with Crippen molar-refractivity contribution in [3.63, 3.8) is 0 Å². The molecule has 0 atom stereocenters. The van der Waals surface area contributed by atoms with Gasteiger partial charge in [-0.2, -0.15) is 0 Å². The second-order valence-electron chi connectivity index (χ2n) is 2.74. The fourth-order valence-corrected chi connectivity index (χ4v) is 2.06. The highest BCUT2D eigenvalue weighted by Gasteiger charge is 2.19. The van der Waals surface area contributed by atoms with Gasteiger partial charge in [0.25, 0.3) is 0 Å². The summed E-state index contributed by atoms with van der Waals surface area (Å²) in [7, 11) is 2.85. The Balaban J connectivity index is 3.56. The van der Waals surface area contributed by atoms with Gasteiger partial charge in [-0.25, -0.2) is 4.39 Å². The largest absolute Gasteiger partial charge is 0.495 e. The summed E-state index contributed by atoms with van der Waals surface area (Å²) in [5, 5.41) is 0.197. The summed E-state index contributed by atoms with van der Waals surface area (Å²) in [5.74, 6) is -0.0166. The maximum Gasteiger partial charge on any atom is 0.141 e. The Bertz CT molecular complexity index is 407. The fraction of sp³-hybridized carbons (Fsp3) is 0.200. The van der Waals surface area contributed by atoms with Crippen LogP contribution in [0.1, 0.15) is 5.56 Å². The third-order valence-corrected chi connectivity index (χ3v) is 3.06. The van der Waals surface area contributed by atoms with Crippen LogP contribution in [-0.2, 0) is 0 Å². The zero-order chi connectivity index (χ0) is 12.3. The second kappa shape index (κ2) is 5.75. The molecule has 0 spiro atoms. The Morgan fingerprint density at radius 1 is 1.25 bits per heavy atom. The number of ether oxygens (including phenoxy) is 2. The van der Waals surface area contributed by atoms with Gasteiger partial charge in [-0.1, -0.05) is 39.1 Å². The normalized spacial score (nSPS) is 11.5. The molecule has 0 aliphatic carbocycles. The van der Waals surface area contributed by atoms with Gasteiger partial charge in [0.05, 0.1) is 29.8 Å². The van der Waals surface area contributed by atoms with Crippen LogP contribution >= 0.6 is 39.1 Å². The first-order valence-corrected chi connectivity index (χ1v) is 5.80. The van der Waals surface area contributed by atoms with Crippen molar-refractivity contribution in [2.45, 2.75) is 0 Å². The molecule has 0 saturated carbocycles. The molecule has 0 bridgehead atoms. The number of methoxy groups -OCH3 is 2. The van der Waals surface area contributed by atoms with E-state index in [1.807, 2.05) is 0 Å². The number of hydrogen-bond acceptors (Lipinski definition) is 2. The standard InChI is InChI=1S/C10H8BrCl2FO2/c1-15-6-3-7(16-2)10(13)8(9(6)12)5(14)4-11/h3-4H,1-2H3. The molecule has 0 aromatic heterocycles. The summed E-state index contributed by atoms with van der Waals surface area (Å²) in [6.45, 7) is 0. The monoisotopic (exact) mass is 328 g/mol. The van der Waals surface area contributed by atoms with Crippen LogP contribution in [0.2, 0.25) is 10.0 Å². The molecule has 0 unspecified atom stereocenters. The van der Waals surface area contributed by atoms with Crippen LogP contribution in [0.5, 0.6) is 11.5 Å². The Labute approximate surface area is 111 Å². The van der Waals surface area contributed by atoms with E-state index in [0.29, 0.717) is 11.5 Å². The summed E-state index contributed by atoms with van der Waals surface area (Å²) in [6, 6.07) is 1.50. The number of benzene rings is 1. The summed E-state index contributed by atoms with van der Waals surface area (Å²) in [5.41, 5.74) is 0.0383. The van der Waals surface area contributed by atoms with E-state index in [1.165, 1.54) is 20.3 Å². The van der Waals surface area contributed by atoms with Crippen molar-refractivity contribution >= 4 is 45.0 Å². The lowest BCUT2D eigenvalue weighted by atomic mass is 10.2. The predicted octanol–water partition coefficient (Wildman–Crippen LogP) is 4.67. The van der Waals surface area contributed by atoms with Crippen LogP contribution in [0.15, 0.2) is 11.1 Å². The maximum atomic E-state index is 13.6. The number of halogens is 4. The Morgan fingerprint density at radius 3 is 2.00 bits per heavy atom. The molecule has 0 radical (unpaired) electrons. The SMILES string of the molecule is COc1cc(OC)c(Cl)c(C(F)=CBr)c1Cl. The van der Waals surface area contributed by atoms with E-state index in [0.717, 1.165) is 4.99 Å². The average Bonchev–Trinajstić information content (AvgIpc) is 2.29. The highest BCUT2D eigenvalue weighted by molar-refractivity contribution is 9.11. The van der Waals surface area contributed by atoms with Gasteiger partial charge in [0.1, 0.15) is 17.3 Å². The minimum absolute atomic E-state index is 0.0383. The summed E-state index contributed by atoms with van der Waals surface area (Å²) >= 11 is 14.8. The Hall–Kier alpha value is -0.450. The first kappa shape index (κ1) is 13.6. The van der Waals surface area contributed by atoms with Gasteiger partial charge in [0.2, 0.25) is 0 Å². The van der Waals surface area contributed by atoms with E-state index in [2.05, 4.69) is 15.9 Å². The molecule has 1 aromatic carbocycles. The van der Waals surface area contributed by atoms with Gasteiger partial charge < -0.3 is 9.47 Å². The van der Waals surface area contributed by atoms with E-state index >= 15 is 0 Å². The van der Waals surface area contributed by atoms with Crippen LogP contribution in [0, 0.1) is 0 Å². The smallest absolute Gasteiger partial charge is 0.141 e. The maximum absolute atomic E-state index is 13.6. The molecule has 0 saturated heterocycles. The lowest BCUT2D eigenvalue weighted by Gasteiger charge is -2.12. The van der Waals surface area contributed by atoms with Crippen molar-refractivity contribution in [3.8, 4) is 11.5 Å². The Morgan fingerprint density at radius 2 is 1.69 bits per heavy atom. The van der Waals surface area contributed by atoms with E-state index in [1.54, 1.807) is 0 Å². The predicted molar refractivity (Wildman–Crippen MR) is 67.6 cm³/mol. The lowest BCUT2D eigenvalue weighted by molar-refractivity contribution is 0.394. The third kappa shape index (κ3) is 2.44. The molecular weight excluding hydrogens is 322 g/mol. The van der Waals surface area contributed by atoms with E-state index in [4.69, 9.17) is 32.7 Å². The van der Waals surface area contributed by atoms with Crippen LogP contribution in [0.3, 0.4) is 0 Å². The number of rotatable bonds is 3. The quantitative estimate of drug-likeness (QED) is 0.802. The second-order valence-corrected chi connectivity index (χ2v) is 3.95. The van der Waals surface area contributed by atoms with Gasteiger partial charge in [-0.05, 0) is 0 Å². The molecule has 0 N–H and O–H groups in total. The molecule has 0 aliphatic rings. The van der Waals surface area contributed by atoms with Crippen LogP contribution in [0.4, 0.5) is 4.39 Å². The van der Waals surface area contributed by atoms with Gasteiger partial charge in [-0.3, -0.25) is 0 Å². The molecule has 88 valence electrons. The lowest BCUT2D eigenvalue weighted by Crippen LogP contribution is -1.94. The molecule has 0 amide bonds. The molecule has 2 nitrogen and oxygen atoms in total. The molecule has 1 rings (SSSR count). The highest BCUT2D eigenvalue weighted by Crippen LogP contribution is 2.44. The summed E-state index contributed by atoms with van der Waals surface area (Å²) < 4.78 is 23.5. The summed E-state index contributed by atoms with van der Waals surface area (Å²) in [6.07, 6.45) is 0. The molecule has 16 heavy (non-hydrogen) atoms. The number of hydrogen-bond donors (Lipinski definition) is 0. The zero-order valence-electron chi connectivity index (χ0n) is 8.48. The minimum Gasteiger partial charge on any atom is -0.495 e. The van der Waals surface area contributed by atoms with Gasteiger partial charge >= 0.3 is 0 Å². The minimum atomic E-state index is -0.604. The van der Waals surface area contributed by atoms with Crippen LogP contribution in [-0.4, -0.2) is 14.2 Å². The van der Waals surface area contributed by atoms with E-state index in [9.17, 15) is 4.39 Å². The molecule has 0 heterocycles. The van der Waals surface area contributed by atoms with Crippen molar-refractivity contribution in [1.82, 2.24) is 0 Å². The van der Waals surface area contributed by atoms with Crippen molar-refractivity contribution in [2.24, 2.45) is 0 Å². The van der Waals surface area contributed by atoms with Gasteiger partial charge in [0, 0.05) is 11.1 Å². The van der Waals surface area contributed by atoms with Gasteiger partial charge in [-0.15, -0.1) is 0 Å². The zero-order valence-corrected chi connectivity index (χ0v) is 11.6. The van der Waals surface area contributed by atoms with Gasteiger partial charge in [0.15, 0.2) is 0 Å². The molecule has 6 heteroatoms. The summed E-state index contributed by atoms with van der Waals surface area (Å²) in [4.78, 5) is 1.08. The first-order valence-electron chi connectivity index (χ1n) is 4.13. The molecule has 0 fully saturated rings. The molecular formula is C10H8BrCl2FO2. The first-order chi connectivity index (χ1) is 7.56. The average molecular weight is 330 g/mol. The molecule has 1 aromatic rings.